The number of benzene rings is 1. The van der Waals surface area contributed by atoms with E-state index in [0.717, 1.165) is 18.4 Å². The number of hydrogen-bond donors (Lipinski definition) is 1. The van der Waals surface area contributed by atoms with Crippen LogP contribution in [0.25, 0.3) is 4.85 Å². The highest BCUT2D eigenvalue weighted by molar-refractivity contribution is 7.52. The van der Waals surface area contributed by atoms with Crippen LogP contribution in [0.3, 0.4) is 0 Å². The first-order valence-electron chi connectivity index (χ1n) is 11.1. The number of rotatable bonds is 10. The fourth-order valence-electron chi connectivity index (χ4n) is 3.65. The van der Waals surface area contributed by atoms with Gasteiger partial charge in [0.1, 0.15) is 18.5 Å². The fourth-order valence-corrected chi connectivity index (χ4v) is 4.55. The number of alkyl halides is 1. The monoisotopic (exact) mass is 536 g/mol. The van der Waals surface area contributed by atoms with Gasteiger partial charge in [0, 0.05) is 25.3 Å². The normalized spacial score (nSPS) is 24.6. The van der Waals surface area contributed by atoms with Gasteiger partial charge in [-0.15, -0.1) is 0 Å². The third kappa shape index (κ3) is 7.08. The lowest BCUT2D eigenvalue weighted by molar-refractivity contribution is -0.155. The molecule has 1 N–H and O–H groups in total. The number of ether oxygens (including phenoxy) is 2. The van der Waals surface area contributed by atoms with E-state index in [1.165, 1.54) is 18.9 Å². The molecule has 1 fully saturated rings. The van der Waals surface area contributed by atoms with Crippen molar-refractivity contribution in [1.82, 2.24) is 9.55 Å². The van der Waals surface area contributed by atoms with E-state index < -0.39 is 55.9 Å². The minimum Gasteiger partial charge on any atom is -0.456 e. The molecule has 1 aromatic heterocycles. The molecule has 1 saturated heterocycles. The molecular formula is C23H26FN4O8P. The SMILES string of the molecule is [C-]#[N+]CCOP(C)(=O)OCC1OC(n2ccc(NC(=O)c3ccccc3)nc2=O)C(C)(F)C1OC(C)=O. The molecule has 2 heterocycles. The number of esters is 1. The number of carbonyl (C=O) groups excluding carboxylic acids is 2. The van der Waals surface area contributed by atoms with Crippen LogP contribution in [0.2, 0.25) is 0 Å². The van der Waals surface area contributed by atoms with E-state index in [1.54, 1.807) is 30.3 Å². The Hall–Kier alpha value is -3.43. The molecule has 0 spiro atoms. The molecule has 1 aliphatic rings. The quantitative estimate of drug-likeness (QED) is 0.210. The van der Waals surface area contributed by atoms with Gasteiger partial charge >= 0.3 is 19.3 Å². The topological polar surface area (TPSA) is 139 Å². The average molecular weight is 536 g/mol. The van der Waals surface area contributed by atoms with Crippen molar-refractivity contribution < 1.29 is 37.1 Å². The van der Waals surface area contributed by atoms with Crippen LogP contribution in [0.5, 0.6) is 0 Å². The molecule has 0 saturated carbocycles. The van der Waals surface area contributed by atoms with E-state index in [0.29, 0.717) is 5.56 Å². The Labute approximate surface area is 212 Å². The van der Waals surface area contributed by atoms with Crippen LogP contribution in [0.4, 0.5) is 10.2 Å². The fraction of sp³-hybridized carbons (Fsp3) is 0.435. The summed E-state index contributed by atoms with van der Waals surface area (Å²) in [4.78, 5) is 43.6. The van der Waals surface area contributed by atoms with E-state index in [9.17, 15) is 18.9 Å². The Balaban J connectivity index is 1.79. The summed E-state index contributed by atoms with van der Waals surface area (Å²) in [6, 6.07) is 9.56. The summed E-state index contributed by atoms with van der Waals surface area (Å²) in [5, 5.41) is 2.49. The molecule has 5 atom stereocenters. The maximum Gasteiger partial charge on any atom is 0.351 e. The lowest BCUT2D eigenvalue weighted by Crippen LogP contribution is -2.45. The van der Waals surface area contributed by atoms with Crippen molar-refractivity contribution in [2.75, 3.05) is 31.7 Å². The Kier molecular flexibility index (Phi) is 8.94. The van der Waals surface area contributed by atoms with Crippen molar-refractivity contribution in [2.24, 2.45) is 0 Å². The Morgan fingerprint density at radius 3 is 2.62 bits per heavy atom. The van der Waals surface area contributed by atoms with Gasteiger partial charge in [-0.25, -0.2) is 15.8 Å². The third-order valence-electron chi connectivity index (χ3n) is 5.34. The summed E-state index contributed by atoms with van der Waals surface area (Å²) in [6.07, 6.45) is -3.19. The predicted octanol–water partition coefficient (Wildman–Crippen LogP) is 2.83. The second kappa shape index (κ2) is 11.7. The van der Waals surface area contributed by atoms with Crippen LogP contribution in [0.15, 0.2) is 47.4 Å². The zero-order valence-corrected chi connectivity index (χ0v) is 21.2. The highest BCUT2D eigenvalue weighted by Gasteiger charge is 2.58. The summed E-state index contributed by atoms with van der Waals surface area (Å²) in [5.41, 5.74) is -3.02. The molecule has 3 rings (SSSR count). The first-order chi connectivity index (χ1) is 17.4. The van der Waals surface area contributed by atoms with Crippen molar-refractivity contribution >= 4 is 25.3 Å². The van der Waals surface area contributed by atoms with Crippen molar-refractivity contribution in [2.45, 2.75) is 38.0 Å². The second-order valence-electron chi connectivity index (χ2n) is 8.31. The average Bonchev–Trinajstić information content (AvgIpc) is 3.07. The molecule has 1 aromatic carbocycles. The Morgan fingerprint density at radius 1 is 1.30 bits per heavy atom. The summed E-state index contributed by atoms with van der Waals surface area (Å²) in [6.45, 7) is 9.43. The highest BCUT2D eigenvalue weighted by atomic mass is 31.2. The first kappa shape index (κ1) is 28.1. The van der Waals surface area contributed by atoms with Gasteiger partial charge in [-0.1, -0.05) is 18.2 Å². The first-order valence-corrected chi connectivity index (χ1v) is 13.1. The molecule has 2 aromatic rings. The highest BCUT2D eigenvalue weighted by Crippen LogP contribution is 2.47. The van der Waals surface area contributed by atoms with Crippen molar-refractivity contribution in [1.29, 1.82) is 0 Å². The molecule has 12 nitrogen and oxygen atoms in total. The number of nitrogens with one attached hydrogen (secondary N) is 1. The smallest absolute Gasteiger partial charge is 0.351 e. The second-order valence-corrected chi connectivity index (χ2v) is 10.4. The molecule has 37 heavy (non-hydrogen) atoms. The van der Waals surface area contributed by atoms with Gasteiger partial charge < -0.3 is 28.7 Å². The van der Waals surface area contributed by atoms with Gasteiger partial charge in [0.15, 0.2) is 18.0 Å². The number of halogens is 1. The summed E-state index contributed by atoms with van der Waals surface area (Å²) in [7, 11) is -3.63. The molecule has 1 amide bonds. The lowest BCUT2D eigenvalue weighted by Gasteiger charge is -2.27. The number of amides is 1. The van der Waals surface area contributed by atoms with Crippen molar-refractivity contribution in [3.8, 4) is 0 Å². The van der Waals surface area contributed by atoms with Crippen LogP contribution >= 0.6 is 7.60 Å². The van der Waals surface area contributed by atoms with Crippen LogP contribution in [0, 0.1) is 6.57 Å². The molecule has 0 radical (unpaired) electrons. The molecule has 1 aliphatic heterocycles. The number of hydrogen-bond acceptors (Lipinski definition) is 9. The summed E-state index contributed by atoms with van der Waals surface area (Å²) in [5.74, 6) is -1.36. The van der Waals surface area contributed by atoms with Gasteiger partial charge in [-0.2, -0.15) is 4.98 Å². The Bertz CT molecular complexity index is 1280. The Morgan fingerprint density at radius 2 is 2.00 bits per heavy atom. The zero-order chi connectivity index (χ0) is 27.2. The van der Waals surface area contributed by atoms with E-state index in [1.807, 2.05) is 0 Å². The van der Waals surface area contributed by atoms with E-state index in [4.69, 9.17) is 25.1 Å². The molecule has 198 valence electrons. The molecule has 14 heteroatoms. The molecule has 0 aliphatic carbocycles. The largest absolute Gasteiger partial charge is 0.456 e. The van der Waals surface area contributed by atoms with Crippen LogP contribution in [0.1, 0.15) is 30.4 Å². The van der Waals surface area contributed by atoms with E-state index >= 15 is 4.39 Å². The van der Waals surface area contributed by atoms with Gasteiger partial charge in [-0.05, 0) is 25.1 Å². The third-order valence-corrected chi connectivity index (χ3v) is 6.61. The number of carbonyl (C=O) groups is 2. The van der Waals surface area contributed by atoms with Gasteiger partial charge in [0.05, 0.1) is 6.61 Å². The molecule has 5 unspecified atom stereocenters. The van der Waals surface area contributed by atoms with Crippen LogP contribution in [-0.2, 0) is 27.9 Å². The maximum atomic E-state index is 16.0. The van der Waals surface area contributed by atoms with E-state index in [-0.39, 0.29) is 19.0 Å². The van der Waals surface area contributed by atoms with Crippen molar-refractivity contribution in [3.05, 3.63) is 70.1 Å². The predicted molar refractivity (Wildman–Crippen MR) is 129 cm³/mol. The van der Waals surface area contributed by atoms with Gasteiger partial charge in [0.2, 0.25) is 6.54 Å². The van der Waals surface area contributed by atoms with E-state index in [2.05, 4.69) is 15.1 Å². The van der Waals surface area contributed by atoms with Crippen LogP contribution in [-0.4, -0.2) is 65.7 Å². The standard InChI is InChI=1S/C23H26FN4O8P/c1-15(29)35-19-17(14-34-37(4,32)33-13-11-25-3)36-21(23(19,2)24)28-12-10-18(27-22(28)31)26-20(30)16-8-6-5-7-9-16/h5-10,12,17,19,21H,11,13-14H2,1-2,4H3,(H,26,27,30,31). The number of aromatic nitrogens is 2. The zero-order valence-electron chi connectivity index (χ0n) is 20.3. The summed E-state index contributed by atoms with van der Waals surface area (Å²) >= 11 is 0. The molecular weight excluding hydrogens is 510 g/mol. The van der Waals surface area contributed by atoms with Gasteiger partial charge in [-0.3, -0.25) is 18.7 Å². The number of anilines is 1. The minimum absolute atomic E-state index is 0.0282. The van der Waals surface area contributed by atoms with Crippen LogP contribution < -0.4 is 11.0 Å². The summed E-state index contributed by atoms with van der Waals surface area (Å²) < 4.78 is 50.5. The van der Waals surface area contributed by atoms with Crippen molar-refractivity contribution in [3.63, 3.8) is 0 Å². The van der Waals surface area contributed by atoms with Gasteiger partial charge in [0.25, 0.3) is 5.91 Å². The number of nitrogens with zero attached hydrogens (tertiary/aromatic N) is 3. The molecule has 0 bridgehead atoms. The minimum atomic E-state index is -3.63. The lowest BCUT2D eigenvalue weighted by atomic mass is 9.98. The maximum absolute atomic E-state index is 16.0.